The van der Waals surface area contributed by atoms with Crippen LogP contribution in [0.1, 0.15) is 37.8 Å². The number of benzene rings is 2. The maximum Gasteiger partial charge on any atom is 0.227 e. The number of carbonyl (C=O) groups excluding carboxylic acids is 1. The van der Waals surface area contributed by atoms with E-state index >= 15 is 0 Å². The molecule has 1 heterocycles. The van der Waals surface area contributed by atoms with E-state index in [-0.39, 0.29) is 11.8 Å². The van der Waals surface area contributed by atoms with Gasteiger partial charge in [0.1, 0.15) is 5.75 Å². The highest BCUT2D eigenvalue weighted by Gasteiger charge is 2.25. The lowest BCUT2D eigenvalue weighted by Crippen LogP contribution is -2.38. The average Bonchev–Trinajstić information content (AvgIpc) is 2.88. The zero-order valence-electron chi connectivity index (χ0n) is 20.8. The first-order chi connectivity index (χ1) is 16.5. The lowest BCUT2D eigenvalue weighted by Gasteiger charge is -2.30. The van der Waals surface area contributed by atoms with Gasteiger partial charge in [-0.25, -0.2) is 0 Å². The average molecular weight is 469 g/mol. The van der Waals surface area contributed by atoms with Crippen molar-refractivity contribution in [1.29, 1.82) is 0 Å². The van der Waals surface area contributed by atoms with Crippen molar-refractivity contribution in [3.63, 3.8) is 0 Å². The Morgan fingerprint density at radius 3 is 2.15 bits per heavy atom. The van der Waals surface area contributed by atoms with Crippen molar-refractivity contribution in [3.8, 4) is 23.0 Å². The molecule has 1 amide bonds. The number of carbonyl (C=O) groups is 1. The fourth-order valence-corrected chi connectivity index (χ4v) is 4.17. The summed E-state index contributed by atoms with van der Waals surface area (Å²) in [4.78, 5) is 15.3. The predicted octanol–water partition coefficient (Wildman–Crippen LogP) is 4.95. The van der Waals surface area contributed by atoms with Crippen molar-refractivity contribution < 1.29 is 23.7 Å². The molecule has 1 aliphatic heterocycles. The summed E-state index contributed by atoms with van der Waals surface area (Å²) < 4.78 is 22.1. The van der Waals surface area contributed by atoms with Gasteiger partial charge in [-0.2, -0.15) is 0 Å². The number of piperidine rings is 1. The summed E-state index contributed by atoms with van der Waals surface area (Å²) in [5, 5.41) is 3.12. The molecule has 1 aliphatic rings. The van der Waals surface area contributed by atoms with E-state index in [9.17, 15) is 4.79 Å². The Hall–Kier alpha value is -3.19. The Bertz CT molecular complexity index is 972. The first kappa shape index (κ1) is 25.4. The minimum Gasteiger partial charge on any atom is -0.493 e. The van der Waals surface area contributed by atoms with E-state index in [4.69, 9.17) is 18.9 Å². The number of nitrogens with zero attached hydrogens (tertiary/aromatic N) is 1. The van der Waals surface area contributed by atoms with Gasteiger partial charge in [0.15, 0.2) is 11.5 Å². The molecule has 1 saturated heterocycles. The van der Waals surface area contributed by atoms with Crippen LogP contribution < -0.4 is 24.3 Å². The van der Waals surface area contributed by atoms with Gasteiger partial charge in [0.2, 0.25) is 11.7 Å². The highest BCUT2D eigenvalue weighted by atomic mass is 16.5. The third-order valence-electron chi connectivity index (χ3n) is 6.12. The third kappa shape index (κ3) is 6.23. The van der Waals surface area contributed by atoms with E-state index in [1.807, 2.05) is 49.4 Å². The number of methoxy groups -OCH3 is 3. The molecule has 7 heteroatoms. The van der Waals surface area contributed by atoms with Gasteiger partial charge in [-0.05, 0) is 74.8 Å². The number of hydrogen-bond donors (Lipinski definition) is 1. The molecule has 184 valence electrons. The molecule has 2 aromatic rings. The van der Waals surface area contributed by atoms with Crippen LogP contribution >= 0.6 is 0 Å². The zero-order chi connectivity index (χ0) is 24.5. The SMILES string of the molecule is CCOc1ccc(C=Cc2cc(OC)c(OC)c(OC)c2)cc1NC(=O)C1CCN(CC)CC1. The van der Waals surface area contributed by atoms with E-state index in [2.05, 4.69) is 17.1 Å². The quantitative estimate of drug-likeness (QED) is 0.498. The summed E-state index contributed by atoms with van der Waals surface area (Å²) in [5.41, 5.74) is 2.53. The smallest absolute Gasteiger partial charge is 0.227 e. The molecule has 0 unspecified atom stereocenters. The van der Waals surface area contributed by atoms with Crippen LogP contribution in [0.15, 0.2) is 30.3 Å². The summed E-state index contributed by atoms with van der Waals surface area (Å²) in [6.07, 6.45) is 5.70. The Kier molecular flexibility index (Phi) is 9.22. The summed E-state index contributed by atoms with van der Waals surface area (Å²) in [7, 11) is 4.77. The first-order valence-corrected chi connectivity index (χ1v) is 11.8. The monoisotopic (exact) mass is 468 g/mol. The van der Waals surface area contributed by atoms with Crippen LogP contribution in [0.4, 0.5) is 5.69 Å². The van der Waals surface area contributed by atoms with Gasteiger partial charge < -0.3 is 29.2 Å². The van der Waals surface area contributed by atoms with Gasteiger partial charge in [0.25, 0.3) is 0 Å². The summed E-state index contributed by atoms with van der Waals surface area (Å²) >= 11 is 0. The van der Waals surface area contributed by atoms with E-state index in [0.29, 0.717) is 35.3 Å². The molecule has 0 atom stereocenters. The van der Waals surface area contributed by atoms with Gasteiger partial charge in [-0.3, -0.25) is 4.79 Å². The van der Waals surface area contributed by atoms with Crippen molar-refractivity contribution in [2.75, 3.05) is 52.9 Å². The van der Waals surface area contributed by atoms with E-state index in [1.165, 1.54) is 0 Å². The molecule has 0 radical (unpaired) electrons. The van der Waals surface area contributed by atoms with Crippen LogP contribution in [0.5, 0.6) is 23.0 Å². The maximum atomic E-state index is 13.0. The second-order valence-corrected chi connectivity index (χ2v) is 8.18. The third-order valence-corrected chi connectivity index (χ3v) is 6.12. The van der Waals surface area contributed by atoms with Crippen LogP contribution in [0.3, 0.4) is 0 Å². The van der Waals surface area contributed by atoms with E-state index in [1.54, 1.807) is 21.3 Å². The minimum absolute atomic E-state index is 0.0238. The highest BCUT2D eigenvalue weighted by Crippen LogP contribution is 2.38. The molecule has 0 aromatic heterocycles. The first-order valence-electron chi connectivity index (χ1n) is 11.8. The Morgan fingerprint density at radius 2 is 1.59 bits per heavy atom. The van der Waals surface area contributed by atoms with E-state index in [0.717, 1.165) is 43.6 Å². The number of nitrogens with one attached hydrogen (secondary N) is 1. The normalized spacial score (nSPS) is 14.7. The Balaban J connectivity index is 1.80. The standard InChI is InChI=1S/C27H36N2O5/c1-6-29-14-12-21(13-15-29)27(30)28-22-16-19(10-11-23(22)34-7-2)8-9-20-17-24(31-3)26(33-5)25(18-20)32-4/h8-11,16-18,21H,6-7,12-15H2,1-5H3,(H,28,30). The zero-order valence-corrected chi connectivity index (χ0v) is 20.8. The Labute approximate surface area is 202 Å². The van der Waals surface area contributed by atoms with Crippen LogP contribution in [-0.2, 0) is 4.79 Å². The number of hydrogen-bond acceptors (Lipinski definition) is 6. The van der Waals surface area contributed by atoms with Crippen LogP contribution in [0, 0.1) is 5.92 Å². The predicted molar refractivity (Wildman–Crippen MR) is 136 cm³/mol. The molecule has 0 saturated carbocycles. The molecule has 2 aromatic carbocycles. The van der Waals surface area contributed by atoms with E-state index < -0.39 is 0 Å². The number of anilines is 1. The highest BCUT2D eigenvalue weighted by molar-refractivity contribution is 5.94. The largest absolute Gasteiger partial charge is 0.493 e. The number of amides is 1. The molecule has 7 nitrogen and oxygen atoms in total. The lowest BCUT2D eigenvalue weighted by molar-refractivity contribution is -0.121. The summed E-state index contributed by atoms with van der Waals surface area (Å²) in [6.45, 7) is 7.58. The number of ether oxygens (including phenoxy) is 4. The molecule has 1 fully saturated rings. The van der Waals surface area contributed by atoms with Crippen LogP contribution in [-0.4, -0.2) is 58.4 Å². The summed E-state index contributed by atoms with van der Waals surface area (Å²) in [5.74, 6) is 2.49. The fourth-order valence-electron chi connectivity index (χ4n) is 4.17. The molecule has 0 spiro atoms. The number of likely N-dealkylation sites (tertiary alicyclic amines) is 1. The van der Waals surface area contributed by atoms with Crippen molar-refractivity contribution in [3.05, 3.63) is 41.5 Å². The van der Waals surface area contributed by atoms with Gasteiger partial charge in [-0.15, -0.1) is 0 Å². The van der Waals surface area contributed by atoms with Crippen molar-refractivity contribution in [1.82, 2.24) is 4.90 Å². The molecular formula is C27H36N2O5. The topological polar surface area (TPSA) is 69.3 Å². The van der Waals surface area contributed by atoms with Gasteiger partial charge in [0, 0.05) is 5.92 Å². The lowest BCUT2D eigenvalue weighted by atomic mass is 9.96. The second kappa shape index (κ2) is 12.3. The van der Waals surface area contributed by atoms with Gasteiger partial charge in [0.05, 0.1) is 33.6 Å². The summed E-state index contributed by atoms with van der Waals surface area (Å²) in [6, 6.07) is 9.58. The minimum atomic E-state index is 0.0238. The van der Waals surface area contributed by atoms with Crippen molar-refractivity contribution >= 4 is 23.7 Å². The molecular weight excluding hydrogens is 432 g/mol. The molecule has 3 rings (SSSR count). The van der Waals surface area contributed by atoms with Crippen LogP contribution in [0.2, 0.25) is 0 Å². The molecule has 0 aliphatic carbocycles. The van der Waals surface area contributed by atoms with Gasteiger partial charge >= 0.3 is 0 Å². The fraction of sp³-hybridized carbons (Fsp3) is 0.444. The van der Waals surface area contributed by atoms with Gasteiger partial charge in [-0.1, -0.05) is 25.1 Å². The van der Waals surface area contributed by atoms with Crippen molar-refractivity contribution in [2.45, 2.75) is 26.7 Å². The molecule has 0 bridgehead atoms. The van der Waals surface area contributed by atoms with Crippen LogP contribution in [0.25, 0.3) is 12.2 Å². The molecule has 1 N–H and O–H groups in total. The molecule has 34 heavy (non-hydrogen) atoms. The number of rotatable bonds is 10. The maximum absolute atomic E-state index is 13.0. The Morgan fingerprint density at radius 1 is 0.941 bits per heavy atom. The van der Waals surface area contributed by atoms with Crippen molar-refractivity contribution in [2.24, 2.45) is 5.92 Å². The second-order valence-electron chi connectivity index (χ2n) is 8.18.